The molecule has 1 amide bonds. The highest BCUT2D eigenvalue weighted by molar-refractivity contribution is 7.47. The second kappa shape index (κ2) is 29.1. The molecule has 0 heterocycles. The fourth-order valence-corrected chi connectivity index (χ4v) is 5.67. The third-order valence-corrected chi connectivity index (χ3v) is 8.91. The van der Waals surface area contributed by atoms with Gasteiger partial charge < -0.3 is 19.8 Å². The molecule has 0 fully saturated rings. The largest absolute Gasteiger partial charge is 0.472 e. The van der Waals surface area contributed by atoms with E-state index >= 15 is 0 Å². The predicted molar refractivity (Wildman–Crippen MR) is 189 cm³/mol. The highest BCUT2D eigenvalue weighted by Gasteiger charge is 2.27. The molecule has 3 atom stereocenters. The maximum absolute atomic E-state index is 12.7. The number of amides is 1. The van der Waals surface area contributed by atoms with E-state index in [-0.39, 0.29) is 19.1 Å². The highest BCUT2D eigenvalue weighted by Crippen LogP contribution is 2.43. The Labute approximate surface area is 277 Å². The minimum Gasteiger partial charge on any atom is -0.387 e. The normalized spacial score (nSPS) is 15.1. The number of quaternary nitrogens is 1. The van der Waals surface area contributed by atoms with E-state index in [1.54, 1.807) is 6.08 Å². The molecule has 0 aromatic heterocycles. The van der Waals surface area contributed by atoms with Crippen LogP contribution in [0.25, 0.3) is 0 Å². The van der Waals surface area contributed by atoms with Gasteiger partial charge in [0.2, 0.25) is 5.91 Å². The molecular weight excluding hydrogens is 587 g/mol. The Morgan fingerprint density at radius 2 is 1.22 bits per heavy atom. The van der Waals surface area contributed by atoms with Crippen molar-refractivity contribution in [1.29, 1.82) is 0 Å². The fraction of sp³-hybridized carbons (Fsp3) is 0.861. The minimum atomic E-state index is -4.33. The molecule has 0 saturated heterocycles. The minimum absolute atomic E-state index is 0.0575. The predicted octanol–water partition coefficient (Wildman–Crippen LogP) is 9.02. The highest BCUT2D eigenvalue weighted by atomic mass is 31.2. The van der Waals surface area contributed by atoms with Crippen LogP contribution in [0.3, 0.4) is 0 Å². The lowest BCUT2D eigenvalue weighted by Gasteiger charge is -2.25. The van der Waals surface area contributed by atoms with E-state index < -0.39 is 20.0 Å². The van der Waals surface area contributed by atoms with Gasteiger partial charge in [0.05, 0.1) is 39.9 Å². The van der Waals surface area contributed by atoms with Crippen LogP contribution in [0.4, 0.5) is 0 Å². The van der Waals surface area contributed by atoms with E-state index in [2.05, 4.69) is 31.3 Å². The quantitative estimate of drug-likeness (QED) is 0.0288. The van der Waals surface area contributed by atoms with Crippen LogP contribution in [0.1, 0.15) is 149 Å². The van der Waals surface area contributed by atoms with Gasteiger partial charge in [0.25, 0.3) is 0 Å². The molecule has 0 rings (SSSR count). The number of aliphatic hydroxyl groups is 1. The van der Waals surface area contributed by atoms with E-state index in [1.165, 1.54) is 89.9 Å². The zero-order chi connectivity index (χ0) is 33.7. The summed E-state index contributed by atoms with van der Waals surface area (Å²) in [5.74, 6) is -0.192. The van der Waals surface area contributed by atoms with Crippen LogP contribution in [0.2, 0.25) is 0 Å². The van der Waals surface area contributed by atoms with Gasteiger partial charge in [-0.3, -0.25) is 13.8 Å². The Kier molecular flexibility index (Phi) is 28.5. The van der Waals surface area contributed by atoms with Crippen molar-refractivity contribution >= 4 is 13.7 Å². The van der Waals surface area contributed by atoms with Crippen LogP contribution in [0.15, 0.2) is 24.3 Å². The topological polar surface area (TPSA) is 105 Å². The summed E-state index contributed by atoms with van der Waals surface area (Å²) in [6, 6.07) is -0.854. The lowest BCUT2D eigenvalue weighted by molar-refractivity contribution is -0.870. The lowest BCUT2D eigenvalue weighted by Crippen LogP contribution is -2.45. The van der Waals surface area contributed by atoms with Crippen molar-refractivity contribution in [2.75, 3.05) is 40.9 Å². The number of nitrogens with zero attached hydrogens (tertiary/aromatic N) is 1. The monoisotopic (exact) mass is 660 g/mol. The summed E-state index contributed by atoms with van der Waals surface area (Å²) in [4.78, 5) is 22.9. The Bertz CT molecular complexity index is 799. The first-order chi connectivity index (χ1) is 21.5. The number of hydrogen-bond acceptors (Lipinski definition) is 5. The van der Waals surface area contributed by atoms with Crippen LogP contribution in [0, 0.1) is 0 Å². The van der Waals surface area contributed by atoms with Crippen molar-refractivity contribution in [3.8, 4) is 0 Å². The third-order valence-electron chi connectivity index (χ3n) is 7.92. The molecule has 0 aliphatic heterocycles. The number of likely N-dealkylation sites (N-methyl/N-ethyl adjacent to an activating group) is 1. The molecule has 0 aromatic carbocycles. The number of rotatable bonds is 32. The maximum Gasteiger partial charge on any atom is 0.472 e. The fourth-order valence-electron chi connectivity index (χ4n) is 4.94. The zero-order valence-corrected chi connectivity index (χ0v) is 30.8. The molecule has 0 aliphatic carbocycles. The van der Waals surface area contributed by atoms with Crippen LogP contribution >= 0.6 is 7.82 Å². The van der Waals surface area contributed by atoms with Crippen LogP contribution in [0.5, 0.6) is 0 Å². The summed E-state index contributed by atoms with van der Waals surface area (Å²) in [6.45, 7) is 4.74. The molecule has 0 aromatic rings. The molecule has 0 radical (unpaired) electrons. The second-order valence-corrected chi connectivity index (χ2v) is 15.0. The first-order valence-electron chi connectivity index (χ1n) is 18.2. The molecule has 1 unspecified atom stereocenters. The van der Waals surface area contributed by atoms with Gasteiger partial charge in [0.15, 0.2) is 0 Å². The smallest absolute Gasteiger partial charge is 0.387 e. The molecule has 0 spiro atoms. The molecule has 3 N–H and O–H groups in total. The molecule has 266 valence electrons. The number of aliphatic hydroxyl groups excluding tert-OH is 1. The average molecular weight is 660 g/mol. The number of carbonyl (C=O) groups excluding carboxylic acids is 1. The van der Waals surface area contributed by atoms with Gasteiger partial charge in [-0.05, 0) is 32.1 Å². The Hall–Kier alpha value is -1.02. The molecular formula is C36H72N2O6P+. The van der Waals surface area contributed by atoms with Gasteiger partial charge in [-0.2, -0.15) is 0 Å². The number of nitrogens with one attached hydrogen (secondary N) is 1. The van der Waals surface area contributed by atoms with E-state index in [4.69, 9.17) is 9.05 Å². The Morgan fingerprint density at radius 3 is 1.78 bits per heavy atom. The molecule has 45 heavy (non-hydrogen) atoms. The summed E-state index contributed by atoms with van der Waals surface area (Å²) in [5, 5.41) is 13.7. The van der Waals surface area contributed by atoms with Gasteiger partial charge >= 0.3 is 7.82 Å². The Balaban J connectivity index is 4.64. The van der Waals surface area contributed by atoms with Crippen molar-refractivity contribution < 1.29 is 32.9 Å². The summed E-state index contributed by atoms with van der Waals surface area (Å²) in [7, 11) is 1.55. The lowest BCUT2D eigenvalue weighted by atomic mass is 10.1. The summed E-state index contributed by atoms with van der Waals surface area (Å²) >= 11 is 0. The first kappa shape index (κ1) is 44.0. The molecule has 8 nitrogen and oxygen atoms in total. The van der Waals surface area contributed by atoms with E-state index in [9.17, 15) is 19.4 Å². The van der Waals surface area contributed by atoms with E-state index in [0.717, 1.165) is 38.5 Å². The molecule has 0 bridgehead atoms. The van der Waals surface area contributed by atoms with Crippen molar-refractivity contribution in [2.24, 2.45) is 0 Å². The first-order valence-corrected chi connectivity index (χ1v) is 19.7. The third kappa shape index (κ3) is 31.4. The zero-order valence-electron chi connectivity index (χ0n) is 29.9. The number of allylic oxidation sites excluding steroid dienone is 3. The van der Waals surface area contributed by atoms with E-state index in [1.807, 2.05) is 27.2 Å². The van der Waals surface area contributed by atoms with Gasteiger partial charge in [0.1, 0.15) is 13.2 Å². The molecule has 9 heteroatoms. The summed E-state index contributed by atoms with van der Waals surface area (Å²) in [5.41, 5.74) is 0. The summed E-state index contributed by atoms with van der Waals surface area (Å²) < 4.78 is 23.4. The number of hydrogen-bond donors (Lipinski definition) is 3. The number of carbonyl (C=O) groups is 1. The van der Waals surface area contributed by atoms with Gasteiger partial charge in [-0.15, -0.1) is 0 Å². The van der Waals surface area contributed by atoms with Crippen molar-refractivity contribution in [3.05, 3.63) is 24.3 Å². The van der Waals surface area contributed by atoms with Crippen LogP contribution in [-0.4, -0.2) is 73.4 Å². The second-order valence-electron chi connectivity index (χ2n) is 13.6. The van der Waals surface area contributed by atoms with Crippen molar-refractivity contribution in [3.63, 3.8) is 0 Å². The molecule has 0 aliphatic rings. The maximum atomic E-state index is 12.7. The van der Waals surface area contributed by atoms with Gasteiger partial charge in [-0.25, -0.2) is 4.57 Å². The van der Waals surface area contributed by atoms with Gasteiger partial charge in [-0.1, -0.05) is 134 Å². The van der Waals surface area contributed by atoms with Crippen LogP contribution in [-0.2, 0) is 18.4 Å². The SMILES string of the molecule is CCCCCCCCC/C=C/CC/C=C/[C@@H](O)[C@H](COP(=O)(O)OCC[N+](C)(C)C)NC(=O)CCCCCCCCCCCC. The Morgan fingerprint density at radius 1 is 0.733 bits per heavy atom. The van der Waals surface area contributed by atoms with Crippen LogP contribution < -0.4 is 5.32 Å². The van der Waals surface area contributed by atoms with Crippen molar-refractivity contribution in [2.45, 2.75) is 161 Å². The average Bonchev–Trinajstić information content (AvgIpc) is 2.97. The van der Waals surface area contributed by atoms with Gasteiger partial charge in [0, 0.05) is 6.42 Å². The van der Waals surface area contributed by atoms with Crippen molar-refractivity contribution in [1.82, 2.24) is 5.32 Å². The summed E-state index contributed by atoms with van der Waals surface area (Å²) in [6.07, 6.45) is 31.0. The van der Waals surface area contributed by atoms with E-state index in [0.29, 0.717) is 17.4 Å². The standard InChI is InChI=1S/C36H71N2O6P/c1-6-8-10-12-14-16-18-19-20-21-23-25-27-29-35(39)34(33-44-45(41,42)43-32-31-38(3,4)5)37-36(40)30-28-26-24-22-17-15-13-11-9-7-2/h20-21,27,29,34-35,39H,6-19,22-26,28,30-33H2,1-5H3,(H-,37,40,41,42)/p+1/b21-20+,29-27+/t34-,35+/m0/s1. The number of phosphoric acid groups is 1. The number of unbranched alkanes of at least 4 members (excludes halogenated alkanes) is 17. The molecule has 0 saturated carbocycles. The number of phosphoric ester groups is 1.